The summed E-state index contributed by atoms with van der Waals surface area (Å²) in [6, 6.07) is 5.23. The van der Waals surface area contributed by atoms with Crippen molar-refractivity contribution in [2.24, 2.45) is 0 Å². The summed E-state index contributed by atoms with van der Waals surface area (Å²) < 4.78 is 0. The topological polar surface area (TPSA) is 12.9 Å². The molecule has 0 saturated heterocycles. The summed E-state index contributed by atoms with van der Waals surface area (Å²) in [6.07, 6.45) is 7.01. The van der Waals surface area contributed by atoms with Gasteiger partial charge in [0.1, 0.15) is 4.83 Å². The predicted octanol–water partition coefficient (Wildman–Crippen LogP) is 2.98. The molecule has 0 unspecified atom stereocenters. The summed E-state index contributed by atoms with van der Waals surface area (Å²) in [4.78, 5) is 7.10. The molecule has 0 saturated carbocycles. The number of thiophene rings is 1. The van der Waals surface area contributed by atoms with Crippen molar-refractivity contribution in [1.29, 1.82) is 0 Å². The van der Waals surface area contributed by atoms with E-state index in [0.29, 0.717) is 0 Å². The quantitative estimate of drug-likeness (QED) is 0.619. The van der Waals surface area contributed by atoms with Gasteiger partial charge in [0, 0.05) is 16.5 Å². The SMILES string of the molecule is [c]1ccnc2sc3c(c12)CCCC3. The third-order valence-electron chi connectivity index (χ3n) is 2.65. The zero-order valence-corrected chi connectivity index (χ0v) is 8.16. The minimum absolute atomic E-state index is 1.18. The Hall–Kier alpha value is -0.890. The average Bonchev–Trinajstić information content (AvgIpc) is 2.56. The molecule has 0 amide bonds. The molecule has 0 fully saturated rings. The first-order valence-electron chi connectivity index (χ1n) is 4.72. The summed E-state index contributed by atoms with van der Waals surface area (Å²) >= 11 is 1.86. The van der Waals surface area contributed by atoms with Gasteiger partial charge in [0.2, 0.25) is 0 Å². The second-order valence-corrected chi connectivity index (χ2v) is 4.56. The number of aryl methyl sites for hydroxylation is 2. The molecule has 65 valence electrons. The standard InChI is InChI=1S/C11H10NS/c1-2-6-10-8(4-1)9-5-3-7-12-11(9)13-10/h3,7H,1-2,4,6H2. The van der Waals surface area contributed by atoms with E-state index in [0.717, 1.165) is 0 Å². The van der Waals surface area contributed by atoms with Crippen molar-refractivity contribution in [3.8, 4) is 0 Å². The third kappa shape index (κ3) is 1.09. The summed E-state index contributed by atoms with van der Waals surface area (Å²) in [7, 11) is 0. The van der Waals surface area contributed by atoms with Gasteiger partial charge in [-0.15, -0.1) is 11.3 Å². The van der Waals surface area contributed by atoms with Crippen molar-refractivity contribution in [3.05, 3.63) is 28.8 Å². The van der Waals surface area contributed by atoms with Crippen molar-refractivity contribution >= 4 is 21.6 Å². The lowest BCUT2D eigenvalue weighted by molar-refractivity contribution is 0.700. The molecular formula is C11H10NS. The molecule has 0 N–H and O–H groups in total. The van der Waals surface area contributed by atoms with Crippen LogP contribution in [-0.4, -0.2) is 4.98 Å². The molecule has 0 aromatic carbocycles. The van der Waals surface area contributed by atoms with E-state index in [2.05, 4.69) is 11.1 Å². The van der Waals surface area contributed by atoms with Gasteiger partial charge in [-0.3, -0.25) is 0 Å². The molecule has 1 nitrogen and oxygen atoms in total. The Morgan fingerprint density at radius 2 is 2.23 bits per heavy atom. The molecule has 2 heterocycles. The predicted molar refractivity (Wildman–Crippen MR) is 55.1 cm³/mol. The molecule has 0 spiro atoms. The largest absolute Gasteiger partial charge is 0.245 e. The maximum Gasteiger partial charge on any atom is 0.124 e. The van der Waals surface area contributed by atoms with Gasteiger partial charge in [-0.1, -0.05) is 0 Å². The van der Waals surface area contributed by atoms with E-state index in [9.17, 15) is 0 Å². The highest BCUT2D eigenvalue weighted by Gasteiger charge is 2.15. The highest BCUT2D eigenvalue weighted by molar-refractivity contribution is 7.18. The lowest BCUT2D eigenvalue weighted by Gasteiger charge is -2.09. The number of pyridine rings is 1. The number of hydrogen-bond acceptors (Lipinski definition) is 2. The van der Waals surface area contributed by atoms with Crippen LogP contribution in [0.4, 0.5) is 0 Å². The highest BCUT2D eigenvalue weighted by Crippen LogP contribution is 2.34. The van der Waals surface area contributed by atoms with E-state index in [1.54, 1.807) is 4.88 Å². The maximum atomic E-state index is 4.37. The molecule has 1 radical (unpaired) electrons. The van der Waals surface area contributed by atoms with Gasteiger partial charge < -0.3 is 0 Å². The summed E-state index contributed by atoms with van der Waals surface area (Å²) in [5.74, 6) is 0. The first-order chi connectivity index (χ1) is 6.45. The molecule has 2 aromatic heterocycles. The van der Waals surface area contributed by atoms with Crippen LogP contribution in [0.3, 0.4) is 0 Å². The third-order valence-corrected chi connectivity index (χ3v) is 3.85. The van der Waals surface area contributed by atoms with Crippen LogP contribution < -0.4 is 0 Å². The number of rotatable bonds is 0. The van der Waals surface area contributed by atoms with Gasteiger partial charge in [0.15, 0.2) is 0 Å². The zero-order valence-electron chi connectivity index (χ0n) is 7.34. The second-order valence-electron chi connectivity index (χ2n) is 3.48. The molecule has 13 heavy (non-hydrogen) atoms. The molecule has 0 atom stereocenters. The van der Waals surface area contributed by atoms with Gasteiger partial charge in [0.25, 0.3) is 0 Å². The van der Waals surface area contributed by atoms with E-state index in [1.165, 1.54) is 41.5 Å². The number of hydrogen-bond donors (Lipinski definition) is 0. The fourth-order valence-electron chi connectivity index (χ4n) is 2.02. The molecule has 0 bridgehead atoms. The second kappa shape index (κ2) is 2.81. The Morgan fingerprint density at radius 3 is 3.23 bits per heavy atom. The molecule has 2 heteroatoms. The maximum absolute atomic E-state index is 4.37. The normalized spacial score (nSPS) is 16.0. The van der Waals surface area contributed by atoms with Crippen LogP contribution in [-0.2, 0) is 12.8 Å². The fourth-order valence-corrected chi connectivity index (χ4v) is 3.22. The fraction of sp³-hybridized carbons (Fsp3) is 0.364. The van der Waals surface area contributed by atoms with Gasteiger partial charge in [-0.05, 0) is 43.4 Å². The van der Waals surface area contributed by atoms with E-state index in [4.69, 9.17) is 0 Å². The summed E-state index contributed by atoms with van der Waals surface area (Å²) in [5.41, 5.74) is 1.53. The smallest absolute Gasteiger partial charge is 0.124 e. The molecule has 1 aliphatic carbocycles. The average molecular weight is 188 g/mol. The zero-order chi connectivity index (χ0) is 8.67. The van der Waals surface area contributed by atoms with Gasteiger partial charge in [-0.2, -0.15) is 0 Å². The van der Waals surface area contributed by atoms with E-state index in [-0.39, 0.29) is 0 Å². The molecule has 2 aromatic rings. The van der Waals surface area contributed by atoms with Crippen LogP contribution in [0.1, 0.15) is 23.3 Å². The van der Waals surface area contributed by atoms with Crippen molar-refractivity contribution < 1.29 is 0 Å². The molecule has 1 aliphatic rings. The van der Waals surface area contributed by atoms with Crippen molar-refractivity contribution in [1.82, 2.24) is 4.98 Å². The Balaban J connectivity index is 2.34. The highest BCUT2D eigenvalue weighted by atomic mass is 32.1. The number of aromatic nitrogens is 1. The molecule has 0 aliphatic heterocycles. The van der Waals surface area contributed by atoms with Crippen LogP contribution in [0.2, 0.25) is 0 Å². The van der Waals surface area contributed by atoms with E-state index in [1.807, 2.05) is 23.6 Å². The Labute approximate surface area is 81.4 Å². The summed E-state index contributed by atoms with van der Waals surface area (Å²) in [5, 5.41) is 1.28. The monoisotopic (exact) mass is 188 g/mol. The number of nitrogens with zero attached hydrogens (tertiary/aromatic N) is 1. The number of fused-ring (bicyclic) bond motifs is 3. The van der Waals surface area contributed by atoms with Crippen molar-refractivity contribution in [2.75, 3.05) is 0 Å². The van der Waals surface area contributed by atoms with Crippen LogP contribution >= 0.6 is 11.3 Å². The van der Waals surface area contributed by atoms with Crippen molar-refractivity contribution in [2.45, 2.75) is 25.7 Å². The first kappa shape index (κ1) is 7.51. The van der Waals surface area contributed by atoms with Crippen LogP contribution in [0.25, 0.3) is 10.2 Å². The molecular weight excluding hydrogens is 178 g/mol. The Bertz CT molecular complexity index is 444. The summed E-state index contributed by atoms with van der Waals surface area (Å²) in [6.45, 7) is 0. The lowest BCUT2D eigenvalue weighted by Crippen LogP contribution is -1.97. The van der Waals surface area contributed by atoms with Crippen LogP contribution in [0.5, 0.6) is 0 Å². The van der Waals surface area contributed by atoms with Gasteiger partial charge in [-0.25, -0.2) is 4.98 Å². The van der Waals surface area contributed by atoms with E-state index >= 15 is 0 Å². The lowest BCUT2D eigenvalue weighted by atomic mass is 9.97. The first-order valence-corrected chi connectivity index (χ1v) is 5.54. The Morgan fingerprint density at radius 1 is 1.31 bits per heavy atom. The van der Waals surface area contributed by atoms with Gasteiger partial charge in [0.05, 0.1) is 0 Å². The van der Waals surface area contributed by atoms with Crippen LogP contribution in [0.15, 0.2) is 12.3 Å². The van der Waals surface area contributed by atoms with Crippen molar-refractivity contribution in [3.63, 3.8) is 0 Å². The van der Waals surface area contributed by atoms with Crippen LogP contribution in [0, 0.1) is 6.07 Å². The Kier molecular flexibility index (Phi) is 1.62. The minimum atomic E-state index is 1.18. The van der Waals surface area contributed by atoms with Gasteiger partial charge >= 0.3 is 0 Å². The minimum Gasteiger partial charge on any atom is -0.245 e. The molecule has 3 rings (SSSR count). The van der Waals surface area contributed by atoms with E-state index < -0.39 is 0 Å².